The summed E-state index contributed by atoms with van der Waals surface area (Å²) in [5.41, 5.74) is 4.60. The summed E-state index contributed by atoms with van der Waals surface area (Å²) in [6.07, 6.45) is 3.69. The van der Waals surface area contributed by atoms with E-state index in [1.807, 2.05) is 62.8 Å². The number of amides is 1. The van der Waals surface area contributed by atoms with E-state index < -0.39 is 0 Å². The Morgan fingerprint density at radius 3 is 2.53 bits per heavy atom. The largest absolute Gasteiger partial charge is 0.347 e. The number of hydrogen-bond acceptors (Lipinski definition) is 5. The zero-order valence-electron chi connectivity index (χ0n) is 16.9. The number of thiazole rings is 1. The van der Waals surface area contributed by atoms with Crippen molar-refractivity contribution in [3.63, 3.8) is 0 Å². The zero-order valence-corrected chi connectivity index (χ0v) is 17.8. The molecule has 1 N–H and O–H groups in total. The Kier molecular flexibility index (Phi) is 6.02. The lowest BCUT2D eigenvalue weighted by atomic mass is 10.1. The van der Waals surface area contributed by atoms with Crippen molar-refractivity contribution >= 4 is 17.2 Å². The van der Waals surface area contributed by atoms with Crippen molar-refractivity contribution in [2.45, 2.75) is 13.1 Å². The van der Waals surface area contributed by atoms with E-state index in [1.165, 1.54) is 16.9 Å². The molecule has 30 heavy (non-hydrogen) atoms. The monoisotopic (exact) mass is 417 g/mol. The molecule has 0 bridgehead atoms. The van der Waals surface area contributed by atoms with E-state index in [-0.39, 0.29) is 5.91 Å². The van der Waals surface area contributed by atoms with E-state index in [9.17, 15) is 4.79 Å². The number of benzene rings is 2. The standard InChI is InChI=1S/C23H23N5OS/c1-27(2)14-18-10-8-17(9-11-18)12-24-22(29)21-16-30-23(26-21)19-13-25-28(15-19)20-6-4-3-5-7-20/h3-11,13,15-16H,12,14H2,1-2H3,(H,24,29). The Morgan fingerprint density at radius 1 is 1.07 bits per heavy atom. The topological polar surface area (TPSA) is 63.1 Å². The van der Waals surface area contributed by atoms with Crippen LogP contribution in [0.5, 0.6) is 0 Å². The van der Waals surface area contributed by atoms with Gasteiger partial charge in [0.25, 0.3) is 5.91 Å². The molecule has 0 aliphatic rings. The van der Waals surface area contributed by atoms with Gasteiger partial charge in [0.15, 0.2) is 0 Å². The van der Waals surface area contributed by atoms with Crippen molar-refractivity contribution in [3.05, 3.63) is 89.2 Å². The number of carbonyl (C=O) groups excluding carboxylic acids is 1. The summed E-state index contributed by atoms with van der Waals surface area (Å²) in [7, 11) is 4.09. The van der Waals surface area contributed by atoms with Crippen LogP contribution in [0.4, 0.5) is 0 Å². The Labute approximate surface area is 179 Å². The number of hydrogen-bond donors (Lipinski definition) is 1. The molecule has 0 atom stereocenters. The molecule has 0 fully saturated rings. The number of nitrogens with one attached hydrogen (secondary N) is 1. The highest BCUT2D eigenvalue weighted by Crippen LogP contribution is 2.24. The van der Waals surface area contributed by atoms with Gasteiger partial charge in [-0.25, -0.2) is 9.67 Å². The summed E-state index contributed by atoms with van der Waals surface area (Å²) in [5, 5.41) is 9.90. The molecule has 6 nitrogen and oxygen atoms in total. The maximum Gasteiger partial charge on any atom is 0.271 e. The third-order valence-electron chi connectivity index (χ3n) is 4.56. The van der Waals surface area contributed by atoms with Gasteiger partial charge in [0.2, 0.25) is 0 Å². The molecule has 1 amide bonds. The predicted octanol–water partition coefficient (Wildman–Crippen LogP) is 3.99. The summed E-state index contributed by atoms with van der Waals surface area (Å²) in [6, 6.07) is 18.2. The quantitative estimate of drug-likeness (QED) is 0.494. The third kappa shape index (κ3) is 4.82. The molecule has 0 spiro atoms. The first-order chi connectivity index (χ1) is 14.6. The molecular formula is C23H23N5OS. The van der Waals surface area contributed by atoms with Gasteiger partial charge in [-0.1, -0.05) is 42.5 Å². The molecule has 0 radical (unpaired) electrons. The summed E-state index contributed by atoms with van der Waals surface area (Å²) >= 11 is 1.44. The molecule has 152 valence electrons. The van der Waals surface area contributed by atoms with Gasteiger partial charge in [-0.05, 0) is 37.4 Å². The highest BCUT2D eigenvalue weighted by atomic mass is 32.1. The van der Waals surface area contributed by atoms with Gasteiger partial charge in [-0.15, -0.1) is 11.3 Å². The molecule has 0 unspecified atom stereocenters. The van der Waals surface area contributed by atoms with Gasteiger partial charge in [-0.3, -0.25) is 4.79 Å². The summed E-state index contributed by atoms with van der Waals surface area (Å²) in [4.78, 5) is 19.1. The van der Waals surface area contributed by atoms with Gasteiger partial charge < -0.3 is 10.2 Å². The van der Waals surface area contributed by atoms with E-state index in [0.29, 0.717) is 12.2 Å². The Morgan fingerprint density at radius 2 is 1.80 bits per heavy atom. The molecule has 0 aliphatic carbocycles. The predicted molar refractivity (Wildman–Crippen MR) is 120 cm³/mol. The molecule has 4 aromatic rings. The van der Waals surface area contributed by atoms with E-state index >= 15 is 0 Å². The summed E-state index contributed by atoms with van der Waals surface area (Å²) in [5.74, 6) is -0.176. The van der Waals surface area contributed by atoms with E-state index in [0.717, 1.165) is 28.4 Å². The molecule has 2 aromatic heterocycles. The molecule has 0 saturated carbocycles. The second kappa shape index (κ2) is 9.02. The van der Waals surface area contributed by atoms with Crippen LogP contribution in [0.15, 0.2) is 72.4 Å². The summed E-state index contributed by atoms with van der Waals surface area (Å²) < 4.78 is 1.80. The molecule has 0 saturated heterocycles. The number of carbonyl (C=O) groups is 1. The van der Waals surface area contributed by atoms with Crippen LogP contribution in [-0.4, -0.2) is 39.7 Å². The minimum Gasteiger partial charge on any atom is -0.347 e. The number of nitrogens with zero attached hydrogens (tertiary/aromatic N) is 4. The van der Waals surface area contributed by atoms with Crippen molar-refractivity contribution in [1.82, 2.24) is 25.0 Å². The second-order valence-corrected chi connectivity index (χ2v) is 8.14. The Balaban J connectivity index is 1.38. The van der Waals surface area contributed by atoms with Crippen LogP contribution in [0.2, 0.25) is 0 Å². The normalized spacial score (nSPS) is 11.0. The van der Waals surface area contributed by atoms with Gasteiger partial charge in [0.05, 0.1) is 11.9 Å². The van der Waals surface area contributed by atoms with E-state index in [2.05, 4.69) is 32.4 Å². The number of para-hydroxylation sites is 1. The van der Waals surface area contributed by atoms with Crippen LogP contribution in [0.3, 0.4) is 0 Å². The second-order valence-electron chi connectivity index (χ2n) is 7.28. The average molecular weight is 418 g/mol. The van der Waals surface area contributed by atoms with Crippen molar-refractivity contribution in [2.75, 3.05) is 14.1 Å². The van der Waals surface area contributed by atoms with Crippen LogP contribution in [0, 0.1) is 0 Å². The van der Waals surface area contributed by atoms with Crippen molar-refractivity contribution in [1.29, 1.82) is 0 Å². The molecule has 7 heteroatoms. The maximum atomic E-state index is 12.5. The first-order valence-corrected chi connectivity index (χ1v) is 10.5. The first-order valence-electron chi connectivity index (χ1n) is 9.65. The fourth-order valence-electron chi connectivity index (χ4n) is 3.07. The SMILES string of the molecule is CN(C)Cc1ccc(CNC(=O)c2csc(-c3cnn(-c4ccccc4)c3)n2)cc1. The smallest absolute Gasteiger partial charge is 0.271 e. The highest BCUT2D eigenvalue weighted by molar-refractivity contribution is 7.13. The molecule has 2 aromatic carbocycles. The Bertz CT molecular complexity index is 1120. The molecular weight excluding hydrogens is 394 g/mol. The fraction of sp³-hybridized carbons (Fsp3) is 0.174. The van der Waals surface area contributed by atoms with Crippen LogP contribution >= 0.6 is 11.3 Å². The Hall–Kier alpha value is -3.29. The minimum absolute atomic E-state index is 0.176. The van der Waals surface area contributed by atoms with Crippen LogP contribution in [0.25, 0.3) is 16.3 Å². The van der Waals surface area contributed by atoms with E-state index in [1.54, 1.807) is 16.3 Å². The van der Waals surface area contributed by atoms with Gasteiger partial charge in [0, 0.05) is 30.2 Å². The van der Waals surface area contributed by atoms with Crippen LogP contribution in [0.1, 0.15) is 21.6 Å². The molecule has 2 heterocycles. The van der Waals surface area contributed by atoms with Crippen molar-refractivity contribution in [3.8, 4) is 16.3 Å². The van der Waals surface area contributed by atoms with Gasteiger partial charge >= 0.3 is 0 Å². The minimum atomic E-state index is -0.176. The average Bonchev–Trinajstić information content (AvgIpc) is 3.43. The maximum absolute atomic E-state index is 12.5. The summed E-state index contributed by atoms with van der Waals surface area (Å²) in [6.45, 7) is 1.37. The van der Waals surface area contributed by atoms with Crippen molar-refractivity contribution < 1.29 is 4.79 Å². The fourth-order valence-corrected chi connectivity index (χ4v) is 3.84. The zero-order chi connectivity index (χ0) is 20.9. The van der Waals surface area contributed by atoms with Crippen LogP contribution < -0.4 is 5.32 Å². The highest BCUT2D eigenvalue weighted by Gasteiger charge is 2.13. The van der Waals surface area contributed by atoms with Gasteiger partial charge in [-0.2, -0.15) is 5.10 Å². The lowest BCUT2D eigenvalue weighted by molar-refractivity contribution is 0.0946. The van der Waals surface area contributed by atoms with Crippen LogP contribution in [-0.2, 0) is 13.1 Å². The molecule has 0 aliphatic heterocycles. The molecule has 4 rings (SSSR count). The third-order valence-corrected chi connectivity index (χ3v) is 5.45. The first kappa shape index (κ1) is 20.0. The lowest BCUT2D eigenvalue weighted by Crippen LogP contribution is -2.23. The number of rotatable bonds is 7. The van der Waals surface area contributed by atoms with Crippen molar-refractivity contribution in [2.24, 2.45) is 0 Å². The van der Waals surface area contributed by atoms with E-state index in [4.69, 9.17) is 0 Å². The number of aromatic nitrogens is 3. The van der Waals surface area contributed by atoms with Gasteiger partial charge in [0.1, 0.15) is 10.7 Å². The lowest BCUT2D eigenvalue weighted by Gasteiger charge is -2.10.